The Morgan fingerprint density at radius 1 is 1.21 bits per heavy atom. The Bertz CT molecular complexity index is 1220. The fraction of sp³-hybridized carbons (Fsp3) is 0.111. The molecule has 5 rings (SSSR count). The molecule has 28 heavy (non-hydrogen) atoms. The Morgan fingerprint density at radius 2 is 2.18 bits per heavy atom. The molecule has 0 aromatic carbocycles. The second kappa shape index (κ2) is 7.06. The van der Waals surface area contributed by atoms with E-state index in [1.54, 1.807) is 29.5 Å². The molecule has 140 valence electrons. The summed E-state index contributed by atoms with van der Waals surface area (Å²) >= 11 is 3.14. The van der Waals surface area contributed by atoms with Gasteiger partial charge in [-0.1, -0.05) is 11.2 Å². The van der Waals surface area contributed by atoms with Gasteiger partial charge in [0.15, 0.2) is 17.3 Å². The zero-order chi connectivity index (χ0) is 18.9. The molecule has 0 bridgehead atoms. The average molecular weight is 411 g/mol. The van der Waals surface area contributed by atoms with E-state index < -0.39 is 0 Å². The lowest BCUT2D eigenvalue weighted by atomic mass is 10.3. The Balaban J connectivity index is 1.24. The van der Waals surface area contributed by atoms with Gasteiger partial charge >= 0.3 is 0 Å². The minimum atomic E-state index is -0.300. The topological polar surface area (TPSA) is 98.5 Å². The molecule has 0 aliphatic heterocycles. The number of nitrogens with zero attached hydrogens (tertiary/aromatic N) is 4. The van der Waals surface area contributed by atoms with Crippen LogP contribution in [0.25, 0.3) is 27.2 Å². The molecule has 0 aliphatic carbocycles. The van der Waals surface area contributed by atoms with Crippen molar-refractivity contribution < 1.29 is 13.7 Å². The second-order valence-electron chi connectivity index (χ2n) is 5.89. The normalized spacial score (nSPS) is 11.3. The van der Waals surface area contributed by atoms with E-state index in [0.29, 0.717) is 24.5 Å². The maximum Gasteiger partial charge on any atom is 0.273 e. The van der Waals surface area contributed by atoms with E-state index >= 15 is 0 Å². The third-order valence-electron chi connectivity index (χ3n) is 4.06. The predicted molar refractivity (Wildman–Crippen MR) is 104 cm³/mol. The standard InChI is InChI=1S/C18H13N5O3S2/c24-17(12-9-14(26-22-12)13-3-1-7-25-13)19-6-5-11-10-28-18-20-16(21-23(11)18)15-4-2-8-27-15/h1-4,7-10H,5-6H2,(H,19,24). The largest absolute Gasteiger partial charge is 0.461 e. The van der Waals surface area contributed by atoms with Gasteiger partial charge in [-0.25, -0.2) is 4.52 Å². The lowest BCUT2D eigenvalue weighted by molar-refractivity contribution is 0.0945. The second-order valence-corrected chi connectivity index (χ2v) is 7.68. The molecule has 1 N–H and O–H groups in total. The Hall–Kier alpha value is -3.24. The summed E-state index contributed by atoms with van der Waals surface area (Å²) in [6, 6.07) is 9.02. The zero-order valence-corrected chi connectivity index (χ0v) is 16.0. The zero-order valence-electron chi connectivity index (χ0n) is 14.4. The Kier molecular flexibility index (Phi) is 4.26. The molecule has 1 amide bonds. The third kappa shape index (κ3) is 3.12. The van der Waals surface area contributed by atoms with Crippen molar-refractivity contribution in [1.82, 2.24) is 25.1 Å². The summed E-state index contributed by atoms with van der Waals surface area (Å²) in [5.74, 6) is 1.37. The third-order valence-corrected chi connectivity index (χ3v) is 5.80. The van der Waals surface area contributed by atoms with Crippen LogP contribution in [0.1, 0.15) is 16.2 Å². The fourth-order valence-corrected chi connectivity index (χ4v) is 4.23. The van der Waals surface area contributed by atoms with Gasteiger partial charge in [0, 0.05) is 24.4 Å². The van der Waals surface area contributed by atoms with Crippen LogP contribution in [-0.4, -0.2) is 32.2 Å². The van der Waals surface area contributed by atoms with Crippen molar-refractivity contribution in [2.24, 2.45) is 0 Å². The van der Waals surface area contributed by atoms with Gasteiger partial charge in [0.1, 0.15) is 0 Å². The van der Waals surface area contributed by atoms with Crippen molar-refractivity contribution in [2.45, 2.75) is 6.42 Å². The number of aromatic nitrogens is 4. The number of rotatable bonds is 6. The number of amides is 1. The van der Waals surface area contributed by atoms with Crippen LogP contribution in [0.5, 0.6) is 0 Å². The first-order chi connectivity index (χ1) is 13.8. The number of hydrogen-bond donors (Lipinski definition) is 1. The summed E-state index contributed by atoms with van der Waals surface area (Å²) < 4.78 is 12.2. The van der Waals surface area contributed by atoms with E-state index in [1.807, 2.05) is 27.4 Å². The molecule has 5 aromatic rings. The SMILES string of the molecule is O=C(NCCc1csc2nc(-c3cccs3)nn12)c1cc(-c2ccco2)on1. The van der Waals surface area contributed by atoms with Gasteiger partial charge in [0.25, 0.3) is 5.91 Å². The summed E-state index contributed by atoms with van der Waals surface area (Å²) in [6.45, 7) is 0.446. The highest BCUT2D eigenvalue weighted by Crippen LogP contribution is 2.24. The number of carbonyl (C=O) groups is 1. The molecule has 8 nitrogen and oxygen atoms in total. The van der Waals surface area contributed by atoms with Crippen LogP contribution in [0, 0.1) is 0 Å². The van der Waals surface area contributed by atoms with E-state index in [1.165, 1.54) is 17.6 Å². The van der Waals surface area contributed by atoms with Gasteiger partial charge in [-0.3, -0.25) is 4.79 Å². The number of hydrogen-bond acceptors (Lipinski definition) is 8. The van der Waals surface area contributed by atoms with Gasteiger partial charge in [0.05, 0.1) is 16.8 Å². The van der Waals surface area contributed by atoms with E-state index in [4.69, 9.17) is 8.94 Å². The lowest BCUT2D eigenvalue weighted by Gasteiger charge is -2.01. The van der Waals surface area contributed by atoms with Crippen LogP contribution >= 0.6 is 22.7 Å². The highest BCUT2D eigenvalue weighted by Gasteiger charge is 2.16. The van der Waals surface area contributed by atoms with Crippen LogP contribution in [0.15, 0.2) is 56.3 Å². The molecule has 0 radical (unpaired) electrons. The highest BCUT2D eigenvalue weighted by molar-refractivity contribution is 7.15. The minimum absolute atomic E-state index is 0.211. The summed E-state index contributed by atoms with van der Waals surface area (Å²) in [7, 11) is 0. The molecule has 0 atom stereocenters. The molecule has 0 fully saturated rings. The molecule has 10 heteroatoms. The molecular formula is C18H13N5O3S2. The summed E-state index contributed by atoms with van der Waals surface area (Å²) in [6.07, 6.45) is 2.16. The molecule has 5 heterocycles. The number of thiazole rings is 1. The van der Waals surface area contributed by atoms with Crippen molar-refractivity contribution in [3.8, 4) is 22.2 Å². The first-order valence-electron chi connectivity index (χ1n) is 8.44. The van der Waals surface area contributed by atoms with Crippen molar-refractivity contribution in [1.29, 1.82) is 0 Å². The first kappa shape index (κ1) is 16.9. The number of furan rings is 1. The Morgan fingerprint density at radius 3 is 3.00 bits per heavy atom. The molecule has 0 saturated carbocycles. The van der Waals surface area contributed by atoms with Crippen LogP contribution in [0.4, 0.5) is 0 Å². The van der Waals surface area contributed by atoms with Crippen molar-refractivity contribution in [3.63, 3.8) is 0 Å². The summed E-state index contributed by atoms with van der Waals surface area (Å²) in [5, 5.41) is 15.2. The lowest BCUT2D eigenvalue weighted by Crippen LogP contribution is -2.26. The van der Waals surface area contributed by atoms with Gasteiger partial charge in [-0.05, 0) is 23.6 Å². The molecule has 0 aliphatic rings. The van der Waals surface area contributed by atoms with Crippen LogP contribution in [0.2, 0.25) is 0 Å². The number of fused-ring (bicyclic) bond motifs is 1. The van der Waals surface area contributed by atoms with Crippen LogP contribution in [0.3, 0.4) is 0 Å². The fourth-order valence-electron chi connectivity index (χ4n) is 2.72. The van der Waals surface area contributed by atoms with Gasteiger partial charge in [0.2, 0.25) is 10.7 Å². The molecule has 0 unspecified atom stereocenters. The van der Waals surface area contributed by atoms with Crippen molar-refractivity contribution >= 4 is 33.5 Å². The smallest absolute Gasteiger partial charge is 0.273 e. The molecule has 0 saturated heterocycles. The maximum absolute atomic E-state index is 12.3. The Labute approximate surface area is 166 Å². The number of thiophene rings is 1. The van der Waals surface area contributed by atoms with Gasteiger partial charge in [-0.2, -0.15) is 4.98 Å². The highest BCUT2D eigenvalue weighted by atomic mass is 32.1. The van der Waals surface area contributed by atoms with E-state index in [9.17, 15) is 4.79 Å². The van der Waals surface area contributed by atoms with E-state index in [2.05, 4.69) is 20.6 Å². The summed E-state index contributed by atoms with van der Waals surface area (Å²) in [4.78, 5) is 18.7. The quantitative estimate of drug-likeness (QED) is 0.457. The average Bonchev–Trinajstić information content (AvgIpc) is 3.51. The minimum Gasteiger partial charge on any atom is -0.461 e. The van der Waals surface area contributed by atoms with Crippen LogP contribution < -0.4 is 5.32 Å². The van der Waals surface area contributed by atoms with Crippen LogP contribution in [-0.2, 0) is 6.42 Å². The number of carbonyl (C=O) groups excluding carboxylic acids is 1. The van der Waals surface area contributed by atoms with E-state index in [-0.39, 0.29) is 11.6 Å². The van der Waals surface area contributed by atoms with E-state index in [0.717, 1.165) is 21.4 Å². The molecule has 5 aromatic heterocycles. The predicted octanol–water partition coefficient (Wildman–Crippen LogP) is 3.74. The number of nitrogens with one attached hydrogen (secondary N) is 1. The van der Waals surface area contributed by atoms with Gasteiger partial charge in [-0.15, -0.1) is 27.8 Å². The monoisotopic (exact) mass is 411 g/mol. The molecular weight excluding hydrogens is 398 g/mol. The molecule has 0 spiro atoms. The maximum atomic E-state index is 12.3. The van der Waals surface area contributed by atoms with Crippen molar-refractivity contribution in [3.05, 3.63) is 58.7 Å². The summed E-state index contributed by atoms with van der Waals surface area (Å²) in [5.41, 5.74) is 1.20. The first-order valence-corrected chi connectivity index (χ1v) is 10.2. The van der Waals surface area contributed by atoms with Gasteiger partial charge < -0.3 is 14.3 Å². The van der Waals surface area contributed by atoms with Crippen molar-refractivity contribution in [2.75, 3.05) is 6.54 Å².